The second-order valence-electron chi connectivity index (χ2n) is 6.38. The third-order valence-corrected chi connectivity index (χ3v) is 6.08. The van der Waals surface area contributed by atoms with E-state index in [2.05, 4.69) is 10.6 Å². The van der Waals surface area contributed by atoms with Crippen molar-refractivity contribution in [1.82, 2.24) is 5.32 Å². The van der Waals surface area contributed by atoms with Gasteiger partial charge in [0.25, 0.3) is 5.91 Å². The van der Waals surface area contributed by atoms with Gasteiger partial charge in [-0.1, -0.05) is 41.4 Å². The maximum Gasteiger partial charge on any atom is 0.308 e. The molecule has 2 atom stereocenters. The molecule has 0 radical (unpaired) electrons. The minimum Gasteiger partial charge on any atom is -0.453 e. The molecule has 0 bridgehead atoms. The molecule has 1 aliphatic rings. The fourth-order valence-electron chi connectivity index (χ4n) is 2.68. The van der Waals surface area contributed by atoms with Crippen LogP contribution in [0, 0.1) is 0 Å². The van der Waals surface area contributed by atoms with Gasteiger partial charge in [0.2, 0.25) is 5.91 Å². The molecule has 1 aliphatic heterocycles. The van der Waals surface area contributed by atoms with Gasteiger partial charge in [-0.3, -0.25) is 14.4 Å². The number of benzene rings is 2. The van der Waals surface area contributed by atoms with Crippen LogP contribution in [0.15, 0.2) is 47.4 Å². The first-order valence-electron chi connectivity index (χ1n) is 8.81. The fourth-order valence-corrected chi connectivity index (χ4v) is 4.13. The van der Waals surface area contributed by atoms with E-state index in [9.17, 15) is 14.4 Å². The van der Waals surface area contributed by atoms with Crippen LogP contribution < -0.4 is 10.6 Å². The maximum absolute atomic E-state index is 12.2. The third kappa shape index (κ3) is 5.65. The first-order chi connectivity index (χ1) is 13.8. The number of rotatable bonds is 6. The Labute approximate surface area is 182 Å². The van der Waals surface area contributed by atoms with Gasteiger partial charge < -0.3 is 15.4 Å². The molecule has 2 aromatic rings. The van der Waals surface area contributed by atoms with Gasteiger partial charge in [-0.2, -0.15) is 0 Å². The quantitative estimate of drug-likeness (QED) is 0.645. The third-order valence-electron chi connectivity index (χ3n) is 4.20. The first kappa shape index (κ1) is 21.5. The van der Waals surface area contributed by atoms with Crippen molar-refractivity contribution in [2.24, 2.45) is 0 Å². The Morgan fingerprint density at radius 2 is 2.00 bits per heavy atom. The molecule has 152 valence electrons. The van der Waals surface area contributed by atoms with E-state index >= 15 is 0 Å². The monoisotopic (exact) mass is 452 g/mol. The van der Waals surface area contributed by atoms with Crippen molar-refractivity contribution < 1.29 is 19.1 Å². The van der Waals surface area contributed by atoms with E-state index in [0.717, 1.165) is 10.5 Å². The number of carbonyl (C=O) groups excluding carboxylic acids is 3. The summed E-state index contributed by atoms with van der Waals surface area (Å²) in [6.45, 7) is 1.70. The van der Waals surface area contributed by atoms with Crippen LogP contribution in [0.3, 0.4) is 0 Å². The predicted octanol–water partition coefficient (Wildman–Crippen LogP) is 4.04. The molecule has 2 aromatic carbocycles. The van der Waals surface area contributed by atoms with Crippen molar-refractivity contribution >= 4 is 58.4 Å². The molecular weight excluding hydrogens is 435 g/mol. The molecule has 1 heterocycles. The Morgan fingerprint density at radius 1 is 1.24 bits per heavy atom. The Kier molecular flexibility index (Phi) is 7.05. The summed E-state index contributed by atoms with van der Waals surface area (Å²) in [7, 11) is 0. The molecular formula is C20H18Cl2N2O4S. The minimum atomic E-state index is -0.993. The Bertz CT molecular complexity index is 954. The topological polar surface area (TPSA) is 84.5 Å². The number of ether oxygens (including phenoxy) is 1. The van der Waals surface area contributed by atoms with E-state index < -0.39 is 23.2 Å². The van der Waals surface area contributed by atoms with Gasteiger partial charge in [0.05, 0.1) is 17.4 Å². The fraction of sp³-hybridized carbons (Fsp3) is 0.250. The lowest BCUT2D eigenvalue weighted by molar-refractivity contribution is -0.155. The van der Waals surface area contributed by atoms with Crippen molar-refractivity contribution in [3.8, 4) is 0 Å². The lowest BCUT2D eigenvalue weighted by Gasteiger charge is -2.24. The largest absolute Gasteiger partial charge is 0.453 e. The van der Waals surface area contributed by atoms with Crippen LogP contribution in [0.4, 0.5) is 5.69 Å². The van der Waals surface area contributed by atoms with Gasteiger partial charge >= 0.3 is 5.97 Å². The highest BCUT2D eigenvalue weighted by Crippen LogP contribution is 2.38. The second kappa shape index (κ2) is 9.52. The van der Waals surface area contributed by atoms with Crippen LogP contribution in [-0.4, -0.2) is 29.1 Å². The zero-order chi connectivity index (χ0) is 21.0. The number of halogens is 2. The highest BCUT2D eigenvalue weighted by atomic mass is 35.5. The summed E-state index contributed by atoms with van der Waals surface area (Å²) in [6.07, 6.45) is -1.14. The van der Waals surface area contributed by atoms with Crippen LogP contribution in [0.2, 0.25) is 10.0 Å². The molecule has 29 heavy (non-hydrogen) atoms. The second-order valence-corrected chi connectivity index (χ2v) is 8.47. The van der Waals surface area contributed by atoms with Crippen molar-refractivity contribution in [2.45, 2.75) is 36.1 Å². The molecule has 9 heteroatoms. The number of nitrogens with one attached hydrogen (secondary N) is 2. The summed E-state index contributed by atoms with van der Waals surface area (Å²) in [5, 5.41) is 5.82. The van der Waals surface area contributed by atoms with Crippen LogP contribution in [0.25, 0.3) is 0 Å². The molecule has 2 amide bonds. The summed E-state index contributed by atoms with van der Waals surface area (Å²) < 4.78 is 5.19. The number of hydrogen-bond acceptors (Lipinski definition) is 5. The molecule has 2 N–H and O–H groups in total. The van der Waals surface area contributed by atoms with Crippen molar-refractivity contribution in [3.63, 3.8) is 0 Å². The molecule has 0 saturated heterocycles. The van der Waals surface area contributed by atoms with E-state index in [-0.39, 0.29) is 18.9 Å². The minimum absolute atomic E-state index is 0.152. The van der Waals surface area contributed by atoms with Crippen molar-refractivity contribution in [3.05, 3.63) is 58.1 Å². The molecule has 6 nitrogen and oxygen atoms in total. The summed E-state index contributed by atoms with van der Waals surface area (Å²) >= 11 is 13.2. The summed E-state index contributed by atoms with van der Waals surface area (Å²) in [6, 6.07) is 12.3. The molecule has 0 spiro atoms. The van der Waals surface area contributed by atoms with Crippen LogP contribution >= 0.6 is 35.0 Å². The highest BCUT2D eigenvalue weighted by Gasteiger charge is 2.30. The summed E-state index contributed by atoms with van der Waals surface area (Å²) in [4.78, 5) is 37.5. The summed E-state index contributed by atoms with van der Waals surface area (Å²) in [5.74, 6) is -1.38. The Hall–Kier alpha value is -2.22. The van der Waals surface area contributed by atoms with Gasteiger partial charge in [-0.25, -0.2) is 0 Å². The zero-order valence-electron chi connectivity index (χ0n) is 15.4. The number of amides is 2. The predicted molar refractivity (Wildman–Crippen MR) is 113 cm³/mol. The van der Waals surface area contributed by atoms with Crippen LogP contribution in [0.5, 0.6) is 0 Å². The SMILES string of the molecule is CC(OC(=O)CC1Sc2ccc(Cl)cc2NC1=O)C(=O)NCc1ccccc1Cl. The van der Waals surface area contributed by atoms with E-state index in [4.69, 9.17) is 27.9 Å². The normalized spacial score (nSPS) is 16.4. The number of hydrogen-bond donors (Lipinski definition) is 2. The number of fused-ring (bicyclic) bond motifs is 1. The zero-order valence-corrected chi connectivity index (χ0v) is 17.7. The van der Waals surface area contributed by atoms with Crippen molar-refractivity contribution in [2.75, 3.05) is 5.32 Å². The van der Waals surface area contributed by atoms with Crippen LogP contribution in [0.1, 0.15) is 18.9 Å². The van der Waals surface area contributed by atoms with E-state index in [1.54, 1.807) is 36.4 Å². The molecule has 2 unspecified atom stereocenters. The maximum atomic E-state index is 12.2. The Morgan fingerprint density at radius 3 is 2.76 bits per heavy atom. The molecule has 0 fully saturated rings. The first-order valence-corrected chi connectivity index (χ1v) is 10.4. The van der Waals surface area contributed by atoms with E-state index in [1.807, 2.05) is 6.07 Å². The van der Waals surface area contributed by atoms with Gasteiger partial charge in [-0.15, -0.1) is 11.8 Å². The number of thioether (sulfide) groups is 1. The van der Waals surface area contributed by atoms with Gasteiger partial charge in [0.1, 0.15) is 0 Å². The average molecular weight is 453 g/mol. The number of anilines is 1. The van der Waals surface area contributed by atoms with E-state index in [1.165, 1.54) is 18.7 Å². The molecule has 0 aromatic heterocycles. The highest BCUT2D eigenvalue weighted by molar-refractivity contribution is 8.01. The lowest BCUT2D eigenvalue weighted by Crippen LogP contribution is -2.37. The molecule has 0 saturated carbocycles. The number of esters is 1. The number of carbonyl (C=O) groups is 3. The van der Waals surface area contributed by atoms with Gasteiger partial charge in [0.15, 0.2) is 6.10 Å². The van der Waals surface area contributed by atoms with Gasteiger partial charge in [-0.05, 0) is 36.8 Å². The summed E-state index contributed by atoms with van der Waals surface area (Å²) in [5.41, 5.74) is 1.37. The standard InChI is InChI=1S/C20H18Cl2N2O4S/c1-11(19(26)23-10-12-4-2-3-5-14(12)22)28-18(25)9-17-20(27)24-15-8-13(21)6-7-16(15)29-17/h2-8,11,17H,9-10H2,1H3,(H,23,26)(H,24,27). The van der Waals surface area contributed by atoms with Gasteiger partial charge in [0, 0.05) is 21.5 Å². The van der Waals surface area contributed by atoms with Crippen LogP contribution in [-0.2, 0) is 25.7 Å². The average Bonchev–Trinajstić information content (AvgIpc) is 2.67. The molecule has 3 rings (SSSR count). The Balaban J connectivity index is 1.50. The lowest BCUT2D eigenvalue weighted by atomic mass is 10.2. The van der Waals surface area contributed by atoms with Crippen molar-refractivity contribution in [1.29, 1.82) is 0 Å². The molecule has 0 aliphatic carbocycles. The smallest absolute Gasteiger partial charge is 0.308 e. The van der Waals surface area contributed by atoms with E-state index in [0.29, 0.717) is 15.7 Å².